The summed E-state index contributed by atoms with van der Waals surface area (Å²) in [4.78, 5) is 25.1. The third-order valence-corrected chi connectivity index (χ3v) is 4.20. The minimum absolute atomic E-state index is 0.121. The molecule has 4 aromatic rings. The predicted octanol–water partition coefficient (Wildman–Crippen LogP) is 4.25. The highest BCUT2D eigenvalue weighted by Gasteiger charge is 2.17. The summed E-state index contributed by atoms with van der Waals surface area (Å²) in [6, 6.07) is 17.1. The van der Waals surface area contributed by atoms with E-state index in [0.717, 1.165) is 5.56 Å². The maximum absolute atomic E-state index is 12.6. The summed E-state index contributed by atoms with van der Waals surface area (Å²) in [6.07, 6.45) is 1.49. The number of furan rings is 1. The van der Waals surface area contributed by atoms with Gasteiger partial charge < -0.3 is 18.9 Å². The second kappa shape index (κ2) is 8.44. The van der Waals surface area contributed by atoms with E-state index in [-0.39, 0.29) is 29.9 Å². The van der Waals surface area contributed by atoms with Crippen molar-refractivity contribution in [2.45, 2.75) is 13.5 Å². The Labute approximate surface area is 171 Å². The zero-order valence-corrected chi connectivity index (χ0v) is 16.0. The van der Waals surface area contributed by atoms with Crippen molar-refractivity contribution < 1.29 is 23.2 Å². The Bertz CT molecular complexity index is 1180. The highest BCUT2D eigenvalue weighted by Crippen LogP contribution is 2.20. The van der Waals surface area contributed by atoms with Gasteiger partial charge in [0.2, 0.25) is 0 Å². The van der Waals surface area contributed by atoms with E-state index in [1.54, 1.807) is 54.6 Å². The first-order valence-electron chi connectivity index (χ1n) is 9.10. The van der Waals surface area contributed by atoms with Crippen LogP contribution < -0.4 is 5.32 Å². The number of para-hydroxylation sites is 1. The van der Waals surface area contributed by atoms with Crippen LogP contribution in [0, 0.1) is 6.92 Å². The van der Waals surface area contributed by atoms with Crippen molar-refractivity contribution in [3.05, 3.63) is 89.5 Å². The van der Waals surface area contributed by atoms with E-state index >= 15 is 0 Å². The molecule has 2 heterocycles. The van der Waals surface area contributed by atoms with Gasteiger partial charge in [0, 0.05) is 5.56 Å². The molecule has 30 heavy (non-hydrogen) atoms. The lowest BCUT2D eigenvalue weighted by atomic mass is 10.1. The number of nitrogens with one attached hydrogen (secondary N) is 1. The van der Waals surface area contributed by atoms with Gasteiger partial charge in [-0.3, -0.25) is 4.79 Å². The molecule has 2 aromatic heterocycles. The number of aromatic nitrogens is 2. The summed E-state index contributed by atoms with van der Waals surface area (Å²) in [5, 5.41) is 10.4. The zero-order chi connectivity index (χ0) is 20.9. The molecule has 0 radical (unpaired) electrons. The number of hydrogen-bond donors (Lipinski definition) is 1. The molecule has 0 saturated heterocycles. The summed E-state index contributed by atoms with van der Waals surface area (Å²) in [7, 11) is 0. The number of amides is 1. The monoisotopic (exact) mass is 403 g/mol. The molecule has 150 valence electrons. The first-order chi connectivity index (χ1) is 14.6. The highest BCUT2D eigenvalue weighted by molar-refractivity contribution is 6.08. The number of hydrogen-bond acceptors (Lipinski definition) is 7. The summed E-state index contributed by atoms with van der Waals surface area (Å²) in [6.45, 7) is 1.68. The van der Waals surface area contributed by atoms with E-state index in [4.69, 9.17) is 13.6 Å². The third kappa shape index (κ3) is 4.27. The Balaban J connectivity index is 1.44. The number of carbonyl (C=O) groups is 2. The van der Waals surface area contributed by atoms with Crippen LogP contribution in [0.4, 0.5) is 5.69 Å². The van der Waals surface area contributed by atoms with Gasteiger partial charge in [0.05, 0.1) is 17.5 Å². The number of esters is 1. The number of benzene rings is 2. The standard InChI is InChI=1S/C22H17N3O5/c1-14-6-4-7-15(12-14)20(26)23-17-9-3-2-8-16(17)22(27)29-13-19-24-25-21(30-19)18-10-5-11-28-18/h2-12H,13H2,1H3,(H,23,26). The summed E-state index contributed by atoms with van der Waals surface area (Å²) in [5.41, 5.74) is 2.01. The van der Waals surface area contributed by atoms with E-state index in [1.807, 2.05) is 13.0 Å². The Morgan fingerprint density at radius 3 is 2.70 bits per heavy atom. The molecule has 0 bridgehead atoms. The number of nitrogens with zero attached hydrogens (tertiary/aromatic N) is 2. The molecular formula is C22H17N3O5. The van der Waals surface area contributed by atoms with Crippen LogP contribution in [0.2, 0.25) is 0 Å². The van der Waals surface area contributed by atoms with Gasteiger partial charge in [0.1, 0.15) is 0 Å². The smallest absolute Gasteiger partial charge is 0.340 e. The molecule has 4 rings (SSSR count). The minimum atomic E-state index is -0.632. The second-order valence-electron chi connectivity index (χ2n) is 6.42. The maximum atomic E-state index is 12.6. The molecule has 8 heteroatoms. The average molecular weight is 403 g/mol. The van der Waals surface area contributed by atoms with Crippen molar-refractivity contribution in [3.8, 4) is 11.7 Å². The number of aryl methyl sites for hydroxylation is 1. The second-order valence-corrected chi connectivity index (χ2v) is 6.42. The van der Waals surface area contributed by atoms with Crippen molar-refractivity contribution >= 4 is 17.6 Å². The van der Waals surface area contributed by atoms with Gasteiger partial charge in [-0.1, -0.05) is 29.8 Å². The van der Waals surface area contributed by atoms with E-state index in [9.17, 15) is 9.59 Å². The number of carbonyl (C=O) groups excluding carboxylic acids is 2. The van der Waals surface area contributed by atoms with Crippen LogP contribution >= 0.6 is 0 Å². The summed E-state index contributed by atoms with van der Waals surface area (Å²) < 4.78 is 15.9. The van der Waals surface area contributed by atoms with E-state index < -0.39 is 5.97 Å². The molecule has 0 aliphatic rings. The highest BCUT2D eigenvalue weighted by atomic mass is 16.5. The van der Waals surface area contributed by atoms with Crippen LogP contribution in [0.3, 0.4) is 0 Å². The van der Waals surface area contributed by atoms with Crippen LogP contribution in [0.5, 0.6) is 0 Å². The van der Waals surface area contributed by atoms with E-state index in [0.29, 0.717) is 17.0 Å². The molecule has 0 fully saturated rings. The molecule has 1 N–H and O–H groups in total. The fourth-order valence-electron chi connectivity index (χ4n) is 2.77. The van der Waals surface area contributed by atoms with Gasteiger partial charge in [-0.2, -0.15) is 0 Å². The van der Waals surface area contributed by atoms with Crippen LogP contribution in [0.25, 0.3) is 11.7 Å². The van der Waals surface area contributed by atoms with Crippen molar-refractivity contribution in [2.75, 3.05) is 5.32 Å². The Morgan fingerprint density at radius 2 is 1.90 bits per heavy atom. The minimum Gasteiger partial charge on any atom is -0.459 e. The maximum Gasteiger partial charge on any atom is 0.340 e. The predicted molar refractivity (Wildman–Crippen MR) is 107 cm³/mol. The van der Waals surface area contributed by atoms with E-state index in [1.165, 1.54) is 6.26 Å². The summed E-state index contributed by atoms with van der Waals surface area (Å²) in [5.74, 6) is -0.219. The molecule has 0 saturated carbocycles. The van der Waals surface area contributed by atoms with Crippen molar-refractivity contribution in [1.29, 1.82) is 0 Å². The molecule has 1 amide bonds. The fraction of sp³-hybridized carbons (Fsp3) is 0.0909. The molecule has 0 unspecified atom stereocenters. The van der Waals surface area contributed by atoms with Crippen LogP contribution in [-0.2, 0) is 11.3 Å². The normalized spacial score (nSPS) is 10.6. The topological polar surface area (TPSA) is 107 Å². The van der Waals surface area contributed by atoms with E-state index in [2.05, 4.69) is 15.5 Å². The first-order valence-corrected chi connectivity index (χ1v) is 9.10. The van der Waals surface area contributed by atoms with Crippen molar-refractivity contribution in [1.82, 2.24) is 10.2 Å². The Hall–Kier alpha value is -4.20. The Morgan fingerprint density at radius 1 is 1.03 bits per heavy atom. The number of anilines is 1. The number of rotatable bonds is 6. The number of ether oxygens (including phenoxy) is 1. The van der Waals surface area contributed by atoms with Gasteiger partial charge in [-0.15, -0.1) is 10.2 Å². The molecule has 0 spiro atoms. The summed E-state index contributed by atoms with van der Waals surface area (Å²) >= 11 is 0. The molecular weight excluding hydrogens is 386 g/mol. The van der Waals surface area contributed by atoms with Crippen LogP contribution in [-0.4, -0.2) is 22.1 Å². The van der Waals surface area contributed by atoms with Gasteiger partial charge >= 0.3 is 5.97 Å². The SMILES string of the molecule is Cc1cccc(C(=O)Nc2ccccc2C(=O)OCc2nnc(-c3ccco3)o2)c1. The van der Waals surface area contributed by atoms with Gasteiger partial charge in [0.15, 0.2) is 12.4 Å². The zero-order valence-electron chi connectivity index (χ0n) is 16.0. The third-order valence-electron chi connectivity index (χ3n) is 4.20. The largest absolute Gasteiger partial charge is 0.459 e. The lowest BCUT2D eigenvalue weighted by molar-refractivity contribution is 0.0440. The van der Waals surface area contributed by atoms with Gasteiger partial charge in [-0.05, 0) is 43.3 Å². The van der Waals surface area contributed by atoms with Crippen molar-refractivity contribution in [3.63, 3.8) is 0 Å². The molecule has 0 aliphatic heterocycles. The fourth-order valence-corrected chi connectivity index (χ4v) is 2.77. The molecule has 0 aliphatic carbocycles. The first kappa shape index (κ1) is 19.1. The molecule has 2 aromatic carbocycles. The average Bonchev–Trinajstić information content (AvgIpc) is 3.44. The molecule has 0 atom stereocenters. The lowest BCUT2D eigenvalue weighted by Gasteiger charge is -2.10. The van der Waals surface area contributed by atoms with Gasteiger partial charge in [-0.25, -0.2) is 4.79 Å². The van der Waals surface area contributed by atoms with Crippen LogP contribution in [0.1, 0.15) is 32.2 Å². The Kier molecular flexibility index (Phi) is 5.38. The quantitative estimate of drug-likeness (QED) is 0.480. The van der Waals surface area contributed by atoms with Crippen LogP contribution in [0.15, 0.2) is 75.8 Å². The van der Waals surface area contributed by atoms with Crippen molar-refractivity contribution in [2.24, 2.45) is 0 Å². The molecule has 8 nitrogen and oxygen atoms in total. The lowest BCUT2D eigenvalue weighted by Crippen LogP contribution is -2.16. The van der Waals surface area contributed by atoms with Gasteiger partial charge in [0.25, 0.3) is 17.7 Å².